The van der Waals surface area contributed by atoms with Crippen LogP contribution in [0.4, 0.5) is 0 Å². The Morgan fingerprint density at radius 2 is 1.78 bits per heavy atom. The fourth-order valence-electron chi connectivity index (χ4n) is 6.35. The number of hydrogen-bond acceptors (Lipinski definition) is 9. The number of esters is 1. The average molecular weight is 716 g/mol. The summed E-state index contributed by atoms with van der Waals surface area (Å²) in [4.78, 5) is 36.5. The lowest BCUT2D eigenvalue weighted by Crippen LogP contribution is -2.50. The van der Waals surface area contributed by atoms with Crippen LogP contribution in [0.1, 0.15) is 72.3 Å². The second-order valence-corrected chi connectivity index (χ2v) is 16.2. The van der Waals surface area contributed by atoms with Crippen molar-refractivity contribution < 1.29 is 41.7 Å². The minimum atomic E-state index is -3.51. The summed E-state index contributed by atoms with van der Waals surface area (Å²) in [6.45, 7) is 10.1. The van der Waals surface area contributed by atoms with Gasteiger partial charge in [-0.25, -0.2) is 12.7 Å². The molecule has 3 fully saturated rings. The molecule has 3 saturated heterocycles. The van der Waals surface area contributed by atoms with Crippen LogP contribution in [0.25, 0.3) is 0 Å². The molecule has 276 valence electrons. The molecule has 1 spiro atoms. The maximum Gasteiger partial charge on any atom is 0.303 e. The van der Waals surface area contributed by atoms with Gasteiger partial charge >= 0.3 is 5.97 Å². The summed E-state index contributed by atoms with van der Waals surface area (Å²) in [5.41, 5.74) is 1.64. The highest BCUT2D eigenvalue weighted by Gasteiger charge is 2.51. The van der Waals surface area contributed by atoms with E-state index in [0.717, 1.165) is 34.7 Å². The predicted octanol–water partition coefficient (Wildman–Crippen LogP) is 3.96. The van der Waals surface area contributed by atoms with Crippen molar-refractivity contribution in [2.75, 3.05) is 20.7 Å². The Bertz CT molecular complexity index is 1550. The van der Waals surface area contributed by atoms with Gasteiger partial charge in [-0.2, -0.15) is 0 Å². The molecule has 0 aromatic heterocycles. The summed E-state index contributed by atoms with van der Waals surface area (Å²) in [5.74, 6) is -0.552. The van der Waals surface area contributed by atoms with Crippen molar-refractivity contribution in [3.63, 3.8) is 0 Å². The van der Waals surface area contributed by atoms with E-state index in [1.807, 2.05) is 26.0 Å². The number of epoxide rings is 1. The lowest BCUT2D eigenvalue weighted by Gasteiger charge is -2.39. The van der Waals surface area contributed by atoms with E-state index in [1.165, 1.54) is 27.1 Å². The van der Waals surface area contributed by atoms with Gasteiger partial charge in [-0.15, -0.1) is 0 Å². The van der Waals surface area contributed by atoms with E-state index in [1.54, 1.807) is 37.3 Å². The number of carbonyl (C=O) groups excluding carboxylic acids is 3. The van der Waals surface area contributed by atoms with Crippen molar-refractivity contribution in [2.45, 2.75) is 120 Å². The van der Waals surface area contributed by atoms with E-state index in [0.29, 0.717) is 13.0 Å². The minimum absolute atomic E-state index is 0.0157. The monoisotopic (exact) mass is 715 g/mol. The molecule has 50 heavy (non-hydrogen) atoms. The third-order valence-electron chi connectivity index (χ3n) is 9.36. The summed E-state index contributed by atoms with van der Waals surface area (Å²) in [6, 6.07) is 6.37. The molecule has 2 amide bonds. The van der Waals surface area contributed by atoms with Crippen molar-refractivity contribution in [3.8, 4) is 0 Å². The van der Waals surface area contributed by atoms with Gasteiger partial charge in [0.05, 0.1) is 54.0 Å². The molecule has 3 aliphatic rings. The van der Waals surface area contributed by atoms with Gasteiger partial charge < -0.3 is 29.6 Å². The van der Waals surface area contributed by atoms with Crippen molar-refractivity contribution in [3.05, 3.63) is 65.8 Å². The fraction of sp³-hybridized carbons (Fsp3) is 0.595. The summed E-state index contributed by atoms with van der Waals surface area (Å²) in [5, 5.41) is 5.94. The second kappa shape index (κ2) is 17.2. The van der Waals surface area contributed by atoms with Gasteiger partial charge in [0, 0.05) is 46.5 Å². The number of nitrogens with one attached hydrogen (secondary N) is 2. The Hall–Kier alpha value is -3.36. The van der Waals surface area contributed by atoms with E-state index in [4.69, 9.17) is 18.9 Å². The van der Waals surface area contributed by atoms with Gasteiger partial charge in [0.15, 0.2) is 0 Å². The van der Waals surface area contributed by atoms with Crippen LogP contribution in [0.5, 0.6) is 0 Å². The number of carbonyl (C=O) groups is 3. The van der Waals surface area contributed by atoms with Gasteiger partial charge in [-0.3, -0.25) is 14.4 Å². The Kier molecular flexibility index (Phi) is 13.6. The number of rotatable bonds is 14. The van der Waals surface area contributed by atoms with Crippen LogP contribution in [0.2, 0.25) is 0 Å². The highest BCUT2D eigenvalue weighted by molar-refractivity contribution is 7.89. The fourth-order valence-corrected chi connectivity index (χ4v) is 7.25. The van der Waals surface area contributed by atoms with Crippen LogP contribution in [-0.2, 0) is 49.9 Å². The molecule has 0 radical (unpaired) electrons. The molecule has 8 atom stereocenters. The smallest absolute Gasteiger partial charge is 0.303 e. The van der Waals surface area contributed by atoms with E-state index in [2.05, 4.69) is 23.6 Å². The van der Waals surface area contributed by atoms with Crippen LogP contribution < -0.4 is 10.6 Å². The molecule has 1 aromatic carbocycles. The number of hydrogen-bond donors (Lipinski definition) is 2. The van der Waals surface area contributed by atoms with Crippen molar-refractivity contribution in [2.24, 2.45) is 5.92 Å². The predicted molar refractivity (Wildman–Crippen MR) is 188 cm³/mol. The van der Waals surface area contributed by atoms with Crippen molar-refractivity contribution >= 4 is 27.8 Å². The highest BCUT2D eigenvalue weighted by Crippen LogP contribution is 2.43. The lowest BCUT2D eigenvalue weighted by molar-refractivity contribution is -0.143. The molecular formula is C37H53N3O9S. The maximum atomic E-state index is 12.8. The molecule has 0 aliphatic carbocycles. The number of sulfonamides is 1. The van der Waals surface area contributed by atoms with E-state index in [9.17, 15) is 22.8 Å². The minimum Gasteiger partial charge on any atom is -0.459 e. The highest BCUT2D eigenvalue weighted by atomic mass is 32.2. The molecule has 4 rings (SSSR count). The third-order valence-corrected chi connectivity index (χ3v) is 11.2. The molecule has 12 nitrogen and oxygen atoms in total. The molecule has 0 unspecified atom stereocenters. The largest absolute Gasteiger partial charge is 0.459 e. The number of amides is 2. The van der Waals surface area contributed by atoms with Crippen LogP contribution >= 0.6 is 0 Å². The van der Waals surface area contributed by atoms with Crippen LogP contribution in [0, 0.1) is 5.92 Å². The quantitative estimate of drug-likeness (QED) is 0.126. The summed E-state index contributed by atoms with van der Waals surface area (Å²) >= 11 is 0. The molecule has 3 aliphatic heterocycles. The average Bonchev–Trinajstić information content (AvgIpc) is 3.79. The number of ether oxygens (including phenoxy) is 4. The second-order valence-electron chi connectivity index (χ2n) is 14.0. The van der Waals surface area contributed by atoms with Crippen LogP contribution in [-0.4, -0.2) is 93.4 Å². The van der Waals surface area contributed by atoms with E-state index < -0.39 is 22.1 Å². The van der Waals surface area contributed by atoms with Gasteiger partial charge in [0.1, 0.15) is 6.10 Å². The van der Waals surface area contributed by atoms with Gasteiger partial charge in [-0.05, 0) is 63.3 Å². The van der Waals surface area contributed by atoms with E-state index in [-0.39, 0.29) is 71.7 Å². The van der Waals surface area contributed by atoms with Gasteiger partial charge in [0.25, 0.3) is 0 Å². The lowest BCUT2D eigenvalue weighted by atomic mass is 9.88. The van der Waals surface area contributed by atoms with Crippen LogP contribution in [0.15, 0.2) is 65.1 Å². The normalized spacial score (nSPS) is 29.3. The van der Waals surface area contributed by atoms with Crippen molar-refractivity contribution in [1.82, 2.24) is 14.9 Å². The standard InChI is InChI=1S/C37H53N3O9S/c1-24(9-16-34-25(2)18-33(27(4)48-34)39-35(42)17-10-26(3)47-28(5)41)8-13-30-20-37(23-46-37)21-31(49-30)19-36(43)38-22-29-11-14-32(15-12-29)50(44,45)40(6)7/h8-15,17,25-27,30-31,33-34H,16,18-23H2,1-7H3,(H,38,43)(H,39,42)/t25-,26-,27+,30+,31+,33+,34-,37+/m0/s1. The summed E-state index contributed by atoms with van der Waals surface area (Å²) in [7, 11) is -0.534. The first-order chi connectivity index (χ1) is 23.5. The Morgan fingerprint density at radius 3 is 2.42 bits per heavy atom. The number of nitrogens with zero attached hydrogens (tertiary/aromatic N) is 1. The summed E-state index contributed by atoms with van der Waals surface area (Å²) in [6.07, 6.45) is 11.2. The molecule has 13 heteroatoms. The zero-order valence-corrected chi connectivity index (χ0v) is 31.0. The van der Waals surface area contributed by atoms with Gasteiger partial charge in [-0.1, -0.05) is 42.9 Å². The SMILES string of the molecule is CC(=O)O[C@@H](C)C=CC(=O)N[C@@H]1C[C@H](C)[C@H](CC=C(C)C=C[C@@H]2C[C@]3(CO3)C[C@@H](CC(=O)NCc3ccc(S(=O)(=O)N(C)C)cc3)O2)O[C@@H]1C. The zero-order chi connectivity index (χ0) is 36.6. The molecule has 0 saturated carbocycles. The first-order valence-electron chi connectivity index (χ1n) is 17.3. The maximum absolute atomic E-state index is 12.8. The Morgan fingerprint density at radius 1 is 1.08 bits per heavy atom. The van der Waals surface area contributed by atoms with E-state index >= 15 is 0 Å². The molecular weight excluding hydrogens is 662 g/mol. The van der Waals surface area contributed by atoms with Gasteiger partial charge in [0.2, 0.25) is 21.8 Å². The first kappa shape index (κ1) is 39.4. The third kappa shape index (κ3) is 11.6. The zero-order valence-electron chi connectivity index (χ0n) is 30.2. The van der Waals surface area contributed by atoms with Crippen molar-refractivity contribution in [1.29, 1.82) is 0 Å². The van der Waals surface area contributed by atoms with Crippen LogP contribution in [0.3, 0.4) is 0 Å². The summed E-state index contributed by atoms with van der Waals surface area (Å²) < 4.78 is 49.2. The number of benzene rings is 1. The molecule has 3 heterocycles. The first-order valence-corrected chi connectivity index (χ1v) is 18.7. The number of allylic oxidation sites excluding steroid dienone is 2. The molecule has 1 aromatic rings. The topological polar surface area (TPSA) is 153 Å². The molecule has 0 bridgehead atoms. The molecule has 2 N–H and O–H groups in total. The Labute approximate surface area is 296 Å². The Balaban J connectivity index is 1.22.